The van der Waals surface area contributed by atoms with E-state index in [1.54, 1.807) is 0 Å². The zero-order valence-electron chi connectivity index (χ0n) is 9.85. The third-order valence-electron chi connectivity index (χ3n) is 2.32. The van der Waals surface area contributed by atoms with Gasteiger partial charge in [0.2, 0.25) is 11.1 Å². The maximum atomic E-state index is 10.9. The lowest BCUT2D eigenvalue weighted by Crippen LogP contribution is -1.97. The average Bonchev–Trinajstić information content (AvgIpc) is 2.81. The van der Waals surface area contributed by atoms with Crippen LogP contribution in [0.4, 0.5) is 17.3 Å². The lowest BCUT2D eigenvalue weighted by molar-refractivity contribution is -0.394. The molecule has 2 rings (SSSR count). The highest BCUT2D eigenvalue weighted by molar-refractivity contribution is 7.98. The molecular weight excluding hydrogens is 288 g/mol. The number of nitro benzene ring substituents is 2. The van der Waals surface area contributed by atoms with Crippen molar-refractivity contribution in [2.24, 2.45) is 0 Å². The van der Waals surface area contributed by atoms with Crippen LogP contribution >= 0.6 is 11.8 Å². The van der Waals surface area contributed by atoms with Gasteiger partial charge in [-0.05, 0) is 6.07 Å². The van der Waals surface area contributed by atoms with E-state index >= 15 is 0 Å². The lowest BCUT2D eigenvalue weighted by atomic mass is 10.2. The van der Waals surface area contributed by atoms with Crippen molar-refractivity contribution in [2.75, 3.05) is 5.73 Å². The highest BCUT2D eigenvalue weighted by Crippen LogP contribution is 2.29. The molecule has 0 spiro atoms. The van der Waals surface area contributed by atoms with Crippen LogP contribution in [0.5, 0.6) is 0 Å². The number of nitrogen functional groups attached to an aromatic ring is 1. The van der Waals surface area contributed by atoms with Crippen LogP contribution in [0.1, 0.15) is 5.56 Å². The fourth-order valence-electron chi connectivity index (χ4n) is 1.42. The first-order valence-electron chi connectivity index (χ1n) is 5.19. The van der Waals surface area contributed by atoms with Crippen molar-refractivity contribution in [2.45, 2.75) is 10.9 Å². The molecule has 0 bridgehead atoms. The van der Waals surface area contributed by atoms with Crippen LogP contribution in [0.25, 0.3) is 0 Å². The van der Waals surface area contributed by atoms with Gasteiger partial charge in [0.25, 0.3) is 11.4 Å². The largest absolute Gasteiger partial charge is 0.368 e. The number of anilines is 1. The van der Waals surface area contributed by atoms with Gasteiger partial charge in [-0.3, -0.25) is 20.2 Å². The standard InChI is InChI=1S/C9H8N6O4S/c10-8-11-9(13-12-8)20-4-5-1-2-6(14(16)17)3-7(5)15(18)19/h1-3H,4H2,(H3,10,11,12,13). The van der Waals surface area contributed by atoms with Gasteiger partial charge in [0.05, 0.1) is 15.9 Å². The molecule has 0 aliphatic rings. The third kappa shape index (κ3) is 3.00. The van der Waals surface area contributed by atoms with Gasteiger partial charge in [0, 0.05) is 17.4 Å². The Balaban J connectivity index is 2.22. The zero-order chi connectivity index (χ0) is 14.7. The molecule has 0 aliphatic carbocycles. The Labute approximate surface area is 115 Å². The number of non-ortho nitro benzene ring substituents is 1. The summed E-state index contributed by atoms with van der Waals surface area (Å²) in [5.74, 6) is 0.344. The summed E-state index contributed by atoms with van der Waals surface area (Å²) in [6, 6.07) is 3.50. The van der Waals surface area contributed by atoms with Crippen LogP contribution in [0.2, 0.25) is 0 Å². The maximum Gasteiger partial charge on any atom is 0.280 e. The van der Waals surface area contributed by atoms with Gasteiger partial charge in [-0.2, -0.15) is 4.98 Å². The number of nitrogens with one attached hydrogen (secondary N) is 1. The molecule has 10 nitrogen and oxygen atoms in total. The van der Waals surface area contributed by atoms with Gasteiger partial charge in [-0.25, -0.2) is 5.10 Å². The molecule has 0 fully saturated rings. The number of aromatic amines is 1. The minimum Gasteiger partial charge on any atom is -0.368 e. The SMILES string of the molecule is Nc1nc(SCc2ccc([N+](=O)[O-])cc2[N+](=O)[O-])n[nH]1. The first kappa shape index (κ1) is 13.7. The summed E-state index contributed by atoms with van der Waals surface area (Å²) in [5, 5.41) is 28.1. The number of hydrogen-bond acceptors (Lipinski definition) is 8. The fraction of sp³-hybridized carbons (Fsp3) is 0.111. The number of rotatable bonds is 5. The van der Waals surface area contributed by atoms with Crippen molar-refractivity contribution in [3.63, 3.8) is 0 Å². The molecule has 1 aromatic heterocycles. The van der Waals surface area contributed by atoms with Gasteiger partial charge < -0.3 is 5.73 Å². The first-order valence-corrected chi connectivity index (χ1v) is 6.18. The highest BCUT2D eigenvalue weighted by atomic mass is 32.2. The van der Waals surface area contributed by atoms with Gasteiger partial charge in [-0.1, -0.05) is 11.8 Å². The highest BCUT2D eigenvalue weighted by Gasteiger charge is 2.19. The molecule has 0 saturated carbocycles. The summed E-state index contributed by atoms with van der Waals surface area (Å²) < 4.78 is 0. The Kier molecular flexibility index (Phi) is 3.79. The smallest absolute Gasteiger partial charge is 0.280 e. The normalized spacial score (nSPS) is 10.4. The number of nitrogens with two attached hydrogens (primary N) is 1. The summed E-state index contributed by atoms with van der Waals surface area (Å²) in [5.41, 5.74) is 5.06. The second-order valence-corrected chi connectivity index (χ2v) is 4.56. The van der Waals surface area contributed by atoms with Crippen molar-refractivity contribution >= 4 is 29.1 Å². The zero-order valence-corrected chi connectivity index (χ0v) is 10.7. The second kappa shape index (κ2) is 5.52. The van der Waals surface area contributed by atoms with E-state index < -0.39 is 9.85 Å². The van der Waals surface area contributed by atoms with Crippen molar-refractivity contribution in [1.82, 2.24) is 15.2 Å². The number of nitrogens with zero attached hydrogens (tertiary/aromatic N) is 4. The number of hydrogen-bond donors (Lipinski definition) is 2. The van der Waals surface area contributed by atoms with E-state index in [0.29, 0.717) is 10.7 Å². The average molecular weight is 296 g/mol. The number of thioether (sulfide) groups is 1. The van der Waals surface area contributed by atoms with Gasteiger partial charge in [-0.15, -0.1) is 5.10 Å². The van der Waals surface area contributed by atoms with E-state index in [4.69, 9.17) is 5.73 Å². The van der Waals surface area contributed by atoms with Gasteiger partial charge in [0.15, 0.2) is 0 Å². The molecule has 2 aromatic rings. The van der Waals surface area contributed by atoms with Crippen molar-refractivity contribution in [1.29, 1.82) is 0 Å². The molecule has 1 heterocycles. The molecule has 0 aliphatic heterocycles. The van der Waals surface area contributed by atoms with E-state index in [0.717, 1.165) is 17.8 Å². The Morgan fingerprint density at radius 2 is 2.05 bits per heavy atom. The summed E-state index contributed by atoms with van der Waals surface area (Å²) in [4.78, 5) is 24.0. The molecule has 11 heteroatoms. The molecule has 0 unspecified atom stereocenters. The van der Waals surface area contributed by atoms with Crippen LogP contribution < -0.4 is 5.73 Å². The first-order chi connectivity index (χ1) is 9.47. The van der Waals surface area contributed by atoms with E-state index in [1.165, 1.54) is 12.1 Å². The van der Waals surface area contributed by atoms with E-state index in [9.17, 15) is 20.2 Å². The van der Waals surface area contributed by atoms with Gasteiger partial charge >= 0.3 is 0 Å². The van der Waals surface area contributed by atoms with E-state index in [1.807, 2.05) is 0 Å². The topological polar surface area (TPSA) is 154 Å². The Morgan fingerprint density at radius 1 is 1.30 bits per heavy atom. The molecule has 0 radical (unpaired) electrons. The summed E-state index contributed by atoms with van der Waals surface area (Å²) in [6.45, 7) is 0. The van der Waals surface area contributed by atoms with Crippen LogP contribution in [-0.2, 0) is 5.75 Å². The van der Waals surface area contributed by atoms with E-state index in [-0.39, 0.29) is 23.1 Å². The maximum absolute atomic E-state index is 10.9. The van der Waals surface area contributed by atoms with Gasteiger partial charge in [0.1, 0.15) is 0 Å². The quantitative estimate of drug-likeness (QED) is 0.477. The predicted octanol–water partition coefficient (Wildman–Crippen LogP) is 1.50. The van der Waals surface area contributed by atoms with Crippen molar-refractivity contribution < 1.29 is 9.85 Å². The summed E-state index contributed by atoms with van der Waals surface area (Å²) >= 11 is 1.13. The van der Waals surface area contributed by atoms with Crippen molar-refractivity contribution in [3.8, 4) is 0 Å². The Hall–Kier alpha value is -2.69. The molecular formula is C9H8N6O4S. The molecule has 3 N–H and O–H groups in total. The van der Waals surface area contributed by atoms with Crippen LogP contribution in [0, 0.1) is 20.2 Å². The molecule has 20 heavy (non-hydrogen) atoms. The monoisotopic (exact) mass is 296 g/mol. The second-order valence-electron chi connectivity index (χ2n) is 3.62. The fourth-order valence-corrected chi connectivity index (χ4v) is 2.22. The number of aromatic nitrogens is 3. The lowest BCUT2D eigenvalue weighted by Gasteiger charge is -2.01. The molecule has 0 atom stereocenters. The molecule has 104 valence electrons. The number of nitro groups is 2. The molecule has 1 aromatic carbocycles. The Bertz CT molecular complexity index is 672. The van der Waals surface area contributed by atoms with Crippen molar-refractivity contribution in [3.05, 3.63) is 44.0 Å². The van der Waals surface area contributed by atoms with Crippen LogP contribution in [-0.4, -0.2) is 25.0 Å². The predicted molar refractivity (Wildman–Crippen MR) is 70.1 cm³/mol. The van der Waals surface area contributed by atoms with E-state index in [2.05, 4.69) is 15.2 Å². The molecule has 0 saturated heterocycles. The minimum absolute atomic E-state index is 0.144. The Morgan fingerprint density at radius 3 is 2.60 bits per heavy atom. The third-order valence-corrected chi connectivity index (χ3v) is 3.21. The number of benzene rings is 1. The van der Waals surface area contributed by atoms with Crippen LogP contribution in [0.3, 0.4) is 0 Å². The molecule has 0 amide bonds. The minimum atomic E-state index is -0.681. The summed E-state index contributed by atoms with van der Waals surface area (Å²) in [6.07, 6.45) is 0. The number of H-pyrrole nitrogens is 1. The summed E-state index contributed by atoms with van der Waals surface area (Å²) in [7, 11) is 0. The van der Waals surface area contributed by atoms with Crippen LogP contribution in [0.15, 0.2) is 23.4 Å².